The van der Waals surface area contributed by atoms with Gasteiger partial charge in [-0.25, -0.2) is 0 Å². The summed E-state index contributed by atoms with van der Waals surface area (Å²) in [6.45, 7) is 0.746. The molecule has 1 saturated carbocycles. The average Bonchev–Trinajstić information content (AvgIpc) is 2.97. The second kappa shape index (κ2) is 5.69. The SMILES string of the molecule is O=C1CCCCC1C1CCCN1C(=O)c1ccnnc1. The molecule has 2 atom stereocenters. The topological polar surface area (TPSA) is 63.2 Å². The van der Waals surface area contributed by atoms with E-state index in [1.807, 2.05) is 4.90 Å². The molecule has 20 heavy (non-hydrogen) atoms. The number of rotatable bonds is 2. The van der Waals surface area contributed by atoms with Gasteiger partial charge in [0.05, 0.1) is 18.0 Å². The van der Waals surface area contributed by atoms with Gasteiger partial charge in [-0.05, 0) is 31.7 Å². The van der Waals surface area contributed by atoms with Gasteiger partial charge in [-0.1, -0.05) is 6.42 Å². The van der Waals surface area contributed by atoms with E-state index in [1.54, 1.807) is 6.07 Å². The van der Waals surface area contributed by atoms with E-state index < -0.39 is 0 Å². The van der Waals surface area contributed by atoms with Crippen LogP contribution in [0.4, 0.5) is 0 Å². The van der Waals surface area contributed by atoms with E-state index in [0.29, 0.717) is 17.8 Å². The highest BCUT2D eigenvalue weighted by molar-refractivity contribution is 5.94. The van der Waals surface area contributed by atoms with Gasteiger partial charge in [0.1, 0.15) is 5.78 Å². The summed E-state index contributed by atoms with van der Waals surface area (Å²) in [6.07, 6.45) is 8.68. The number of Topliss-reactive ketones (excluding diaryl/α,β-unsaturated/α-hetero) is 1. The molecule has 0 radical (unpaired) electrons. The van der Waals surface area contributed by atoms with E-state index in [2.05, 4.69) is 10.2 Å². The molecule has 3 rings (SSSR count). The zero-order chi connectivity index (χ0) is 13.9. The molecule has 1 aromatic heterocycles. The number of amides is 1. The molecular formula is C15H19N3O2. The zero-order valence-electron chi connectivity index (χ0n) is 11.5. The molecular weight excluding hydrogens is 254 g/mol. The number of carbonyl (C=O) groups is 2. The first-order chi connectivity index (χ1) is 9.77. The molecule has 0 spiro atoms. The van der Waals surface area contributed by atoms with E-state index in [9.17, 15) is 9.59 Å². The highest BCUT2D eigenvalue weighted by Crippen LogP contribution is 2.33. The highest BCUT2D eigenvalue weighted by atomic mass is 16.2. The maximum absolute atomic E-state index is 12.6. The summed E-state index contributed by atoms with van der Waals surface area (Å²) in [5, 5.41) is 7.47. The molecule has 1 amide bonds. The van der Waals surface area contributed by atoms with Gasteiger partial charge < -0.3 is 4.90 Å². The third kappa shape index (κ3) is 2.44. The fourth-order valence-corrected chi connectivity index (χ4v) is 3.46. The maximum atomic E-state index is 12.6. The molecule has 1 aromatic rings. The summed E-state index contributed by atoms with van der Waals surface area (Å²) >= 11 is 0. The van der Waals surface area contributed by atoms with Crippen molar-refractivity contribution in [3.63, 3.8) is 0 Å². The maximum Gasteiger partial charge on any atom is 0.255 e. The Labute approximate surface area is 118 Å². The number of hydrogen-bond acceptors (Lipinski definition) is 4. The summed E-state index contributed by atoms with van der Waals surface area (Å²) in [4.78, 5) is 26.6. The predicted octanol–water partition coefficient (Wildman–Crippen LogP) is 1.84. The van der Waals surface area contributed by atoms with Crippen LogP contribution in [-0.2, 0) is 4.79 Å². The van der Waals surface area contributed by atoms with Crippen molar-refractivity contribution in [1.29, 1.82) is 0 Å². The number of carbonyl (C=O) groups excluding carboxylic acids is 2. The molecule has 2 aliphatic rings. The number of nitrogens with zero attached hydrogens (tertiary/aromatic N) is 3. The van der Waals surface area contributed by atoms with Crippen LogP contribution >= 0.6 is 0 Å². The van der Waals surface area contributed by atoms with Crippen molar-refractivity contribution in [3.05, 3.63) is 24.0 Å². The second-order valence-corrected chi connectivity index (χ2v) is 5.66. The normalized spacial score (nSPS) is 26.8. The minimum absolute atomic E-state index is 0.0132. The zero-order valence-corrected chi connectivity index (χ0v) is 11.5. The Morgan fingerprint density at radius 3 is 2.85 bits per heavy atom. The summed E-state index contributed by atoms with van der Waals surface area (Å²) in [5.74, 6) is 0.375. The fourth-order valence-electron chi connectivity index (χ4n) is 3.46. The van der Waals surface area contributed by atoms with E-state index >= 15 is 0 Å². The van der Waals surface area contributed by atoms with Gasteiger partial charge in [0.25, 0.3) is 5.91 Å². The molecule has 106 valence electrons. The van der Waals surface area contributed by atoms with Gasteiger partial charge in [0, 0.05) is 24.9 Å². The second-order valence-electron chi connectivity index (χ2n) is 5.66. The molecule has 2 heterocycles. The van der Waals surface area contributed by atoms with Gasteiger partial charge >= 0.3 is 0 Å². The first-order valence-electron chi connectivity index (χ1n) is 7.38. The lowest BCUT2D eigenvalue weighted by molar-refractivity contribution is -0.126. The summed E-state index contributed by atoms with van der Waals surface area (Å²) < 4.78 is 0. The van der Waals surface area contributed by atoms with Crippen molar-refractivity contribution in [2.45, 2.75) is 44.6 Å². The van der Waals surface area contributed by atoms with E-state index in [1.165, 1.54) is 12.4 Å². The highest BCUT2D eigenvalue weighted by Gasteiger charge is 2.39. The Morgan fingerprint density at radius 1 is 1.20 bits per heavy atom. The van der Waals surface area contributed by atoms with Crippen molar-refractivity contribution < 1.29 is 9.59 Å². The van der Waals surface area contributed by atoms with Crippen LogP contribution in [0.5, 0.6) is 0 Å². The molecule has 2 fully saturated rings. The molecule has 0 bridgehead atoms. The number of likely N-dealkylation sites (tertiary alicyclic amines) is 1. The summed E-state index contributed by atoms with van der Waals surface area (Å²) in [7, 11) is 0. The lowest BCUT2D eigenvalue weighted by Crippen LogP contribution is -2.43. The van der Waals surface area contributed by atoms with Gasteiger partial charge in [0.15, 0.2) is 0 Å². The van der Waals surface area contributed by atoms with Gasteiger partial charge in [-0.2, -0.15) is 10.2 Å². The van der Waals surface area contributed by atoms with E-state index in [4.69, 9.17) is 0 Å². The Bertz CT molecular complexity index is 503. The van der Waals surface area contributed by atoms with E-state index in [0.717, 1.165) is 38.6 Å². The standard InChI is InChI=1S/C15H19N3O2/c19-14-6-2-1-4-12(14)13-5-3-9-18(13)15(20)11-7-8-16-17-10-11/h7-8,10,12-13H,1-6,9H2. The van der Waals surface area contributed by atoms with Gasteiger partial charge in [-0.3, -0.25) is 9.59 Å². The molecule has 5 heteroatoms. The number of aromatic nitrogens is 2. The van der Waals surface area contributed by atoms with Crippen molar-refractivity contribution in [2.75, 3.05) is 6.54 Å². The summed E-state index contributed by atoms with van der Waals surface area (Å²) in [6, 6.07) is 1.77. The minimum atomic E-state index is -0.0132. The third-order valence-corrected chi connectivity index (χ3v) is 4.46. The number of hydrogen-bond donors (Lipinski definition) is 0. The van der Waals surface area contributed by atoms with Crippen LogP contribution in [0.3, 0.4) is 0 Å². The first kappa shape index (κ1) is 13.2. The molecule has 0 N–H and O–H groups in total. The lowest BCUT2D eigenvalue weighted by Gasteiger charge is -2.33. The van der Waals surface area contributed by atoms with Crippen LogP contribution in [0.2, 0.25) is 0 Å². The van der Waals surface area contributed by atoms with Crippen molar-refractivity contribution in [2.24, 2.45) is 5.92 Å². The molecule has 1 aliphatic heterocycles. The largest absolute Gasteiger partial charge is 0.335 e. The van der Waals surface area contributed by atoms with Crippen LogP contribution in [0.25, 0.3) is 0 Å². The lowest BCUT2D eigenvalue weighted by atomic mass is 9.81. The van der Waals surface area contributed by atoms with Crippen molar-refractivity contribution in [1.82, 2.24) is 15.1 Å². The average molecular weight is 273 g/mol. The fraction of sp³-hybridized carbons (Fsp3) is 0.600. The quantitative estimate of drug-likeness (QED) is 0.825. The van der Waals surface area contributed by atoms with Gasteiger partial charge in [0.2, 0.25) is 0 Å². The van der Waals surface area contributed by atoms with Crippen LogP contribution in [0, 0.1) is 5.92 Å². The molecule has 2 unspecified atom stereocenters. The van der Waals surface area contributed by atoms with Gasteiger partial charge in [-0.15, -0.1) is 0 Å². The van der Waals surface area contributed by atoms with Crippen LogP contribution in [0.1, 0.15) is 48.9 Å². The van der Waals surface area contributed by atoms with Crippen LogP contribution in [-0.4, -0.2) is 39.4 Å². The minimum Gasteiger partial charge on any atom is -0.335 e. The van der Waals surface area contributed by atoms with E-state index in [-0.39, 0.29) is 17.9 Å². The Kier molecular flexibility index (Phi) is 3.76. The summed E-state index contributed by atoms with van der Waals surface area (Å²) in [5.41, 5.74) is 0.565. The smallest absolute Gasteiger partial charge is 0.255 e. The number of ketones is 1. The predicted molar refractivity (Wildman–Crippen MR) is 73.1 cm³/mol. The Morgan fingerprint density at radius 2 is 2.10 bits per heavy atom. The first-order valence-corrected chi connectivity index (χ1v) is 7.38. The van der Waals surface area contributed by atoms with Crippen LogP contribution in [0.15, 0.2) is 18.5 Å². The third-order valence-electron chi connectivity index (χ3n) is 4.46. The van der Waals surface area contributed by atoms with Crippen molar-refractivity contribution in [3.8, 4) is 0 Å². The Balaban J connectivity index is 1.78. The molecule has 0 aromatic carbocycles. The van der Waals surface area contributed by atoms with Crippen LogP contribution < -0.4 is 0 Å². The molecule has 1 aliphatic carbocycles. The molecule has 1 saturated heterocycles. The monoisotopic (exact) mass is 273 g/mol. The Hall–Kier alpha value is -1.78. The van der Waals surface area contributed by atoms with Crippen molar-refractivity contribution >= 4 is 11.7 Å². The molecule has 5 nitrogen and oxygen atoms in total.